The third-order valence-electron chi connectivity index (χ3n) is 2.76. The molecule has 0 aromatic heterocycles. The molecular formula is C14H22N3O2+. The van der Waals surface area contributed by atoms with Crippen LogP contribution < -0.4 is 15.5 Å². The number of hydrogen-bond acceptors (Lipinski definition) is 2. The predicted molar refractivity (Wildman–Crippen MR) is 73.7 cm³/mol. The lowest BCUT2D eigenvalue weighted by molar-refractivity contribution is -0.856. The highest BCUT2D eigenvalue weighted by Gasteiger charge is 2.16. The smallest absolute Gasteiger partial charge is 0.309 e. The van der Waals surface area contributed by atoms with E-state index in [1.54, 1.807) is 0 Å². The van der Waals surface area contributed by atoms with Gasteiger partial charge in [-0.3, -0.25) is 9.59 Å². The third kappa shape index (κ3) is 5.52. The van der Waals surface area contributed by atoms with Gasteiger partial charge in [0.15, 0.2) is 0 Å². The minimum atomic E-state index is -0.592. The Labute approximate surface area is 114 Å². The predicted octanol–water partition coefficient (Wildman–Crippen LogP) is -0.875. The van der Waals surface area contributed by atoms with Crippen LogP contribution in [0.4, 0.5) is 0 Å². The van der Waals surface area contributed by atoms with Crippen LogP contribution in [0.1, 0.15) is 18.5 Å². The molecule has 0 spiro atoms. The summed E-state index contributed by atoms with van der Waals surface area (Å²) in [5.41, 5.74) is 0.974. The number of nitrogens with one attached hydrogen (secondary N) is 3. The van der Waals surface area contributed by atoms with Crippen molar-refractivity contribution in [2.75, 3.05) is 27.2 Å². The van der Waals surface area contributed by atoms with Crippen molar-refractivity contribution in [1.82, 2.24) is 10.6 Å². The maximum atomic E-state index is 11.7. The number of rotatable bonds is 5. The molecule has 1 aromatic carbocycles. The van der Waals surface area contributed by atoms with Gasteiger partial charge in [-0.1, -0.05) is 30.3 Å². The van der Waals surface area contributed by atoms with E-state index in [1.165, 1.54) is 4.90 Å². The lowest BCUT2D eigenvalue weighted by Crippen LogP contribution is -3.06. The van der Waals surface area contributed by atoms with E-state index in [0.29, 0.717) is 6.54 Å². The topological polar surface area (TPSA) is 62.6 Å². The molecule has 0 fully saturated rings. The summed E-state index contributed by atoms with van der Waals surface area (Å²) in [6, 6.07) is 9.36. The molecule has 5 heteroatoms. The minimum Gasteiger partial charge on any atom is -0.342 e. The number of hydrogen-bond donors (Lipinski definition) is 3. The van der Waals surface area contributed by atoms with Crippen molar-refractivity contribution >= 4 is 11.8 Å². The summed E-state index contributed by atoms with van der Waals surface area (Å²) in [5.74, 6) is -1.17. The first-order valence-corrected chi connectivity index (χ1v) is 6.43. The van der Waals surface area contributed by atoms with Gasteiger partial charge in [0, 0.05) is 0 Å². The lowest BCUT2D eigenvalue weighted by Gasteiger charge is -2.14. The molecule has 1 aromatic rings. The van der Waals surface area contributed by atoms with Crippen LogP contribution in [0.25, 0.3) is 0 Å². The minimum absolute atomic E-state index is 0.182. The second-order valence-electron chi connectivity index (χ2n) is 4.82. The van der Waals surface area contributed by atoms with Crippen LogP contribution in [-0.2, 0) is 9.59 Å². The Kier molecular flexibility index (Phi) is 6.02. The Hall–Kier alpha value is -1.88. The fourth-order valence-corrected chi connectivity index (χ4v) is 1.59. The Balaban J connectivity index is 2.40. The normalized spacial score (nSPS) is 12.0. The highest BCUT2D eigenvalue weighted by Crippen LogP contribution is 2.10. The maximum absolute atomic E-state index is 11.7. The molecule has 1 atom stereocenters. The van der Waals surface area contributed by atoms with Crippen LogP contribution in [0.3, 0.4) is 0 Å². The molecule has 0 aliphatic carbocycles. The maximum Gasteiger partial charge on any atom is 0.309 e. The summed E-state index contributed by atoms with van der Waals surface area (Å²) in [4.78, 5) is 24.5. The number of benzene rings is 1. The highest BCUT2D eigenvalue weighted by molar-refractivity contribution is 6.35. The number of carbonyl (C=O) groups excluding carboxylic acids is 2. The summed E-state index contributed by atoms with van der Waals surface area (Å²) < 4.78 is 0. The van der Waals surface area contributed by atoms with Crippen LogP contribution in [0.5, 0.6) is 0 Å². The van der Waals surface area contributed by atoms with Crippen molar-refractivity contribution in [3.05, 3.63) is 35.9 Å². The van der Waals surface area contributed by atoms with Gasteiger partial charge < -0.3 is 15.5 Å². The SMILES string of the molecule is C[C@@H](NC(=O)C(=O)NCC[NH+](C)C)c1ccccc1. The van der Waals surface area contributed by atoms with E-state index in [4.69, 9.17) is 0 Å². The molecule has 104 valence electrons. The zero-order valence-electron chi connectivity index (χ0n) is 11.7. The fourth-order valence-electron chi connectivity index (χ4n) is 1.59. The van der Waals surface area contributed by atoms with Gasteiger partial charge in [0.05, 0.1) is 33.2 Å². The van der Waals surface area contributed by atoms with Gasteiger partial charge in [-0.15, -0.1) is 0 Å². The molecule has 2 amide bonds. The number of carbonyl (C=O) groups is 2. The summed E-state index contributed by atoms with van der Waals surface area (Å²) in [5, 5.41) is 5.28. The molecule has 1 rings (SSSR count). The molecule has 0 saturated carbocycles. The first kappa shape index (κ1) is 15.2. The average Bonchev–Trinajstić information content (AvgIpc) is 2.39. The second kappa shape index (κ2) is 7.53. The largest absolute Gasteiger partial charge is 0.342 e. The van der Waals surface area contributed by atoms with Crippen LogP contribution in [0.2, 0.25) is 0 Å². The molecule has 19 heavy (non-hydrogen) atoms. The van der Waals surface area contributed by atoms with Gasteiger partial charge in [-0.05, 0) is 12.5 Å². The quantitative estimate of drug-likeness (QED) is 0.605. The summed E-state index contributed by atoms with van der Waals surface area (Å²) >= 11 is 0. The first-order chi connectivity index (χ1) is 9.00. The van der Waals surface area contributed by atoms with Crippen molar-refractivity contribution in [1.29, 1.82) is 0 Å². The van der Waals surface area contributed by atoms with Crippen molar-refractivity contribution in [2.24, 2.45) is 0 Å². The van der Waals surface area contributed by atoms with E-state index >= 15 is 0 Å². The van der Waals surface area contributed by atoms with Gasteiger partial charge >= 0.3 is 11.8 Å². The summed E-state index contributed by atoms with van der Waals surface area (Å²) in [6.45, 7) is 3.13. The number of likely N-dealkylation sites (N-methyl/N-ethyl adjacent to an activating group) is 1. The van der Waals surface area contributed by atoms with Gasteiger partial charge in [0.1, 0.15) is 0 Å². The molecular weight excluding hydrogens is 242 g/mol. The van der Waals surface area contributed by atoms with Gasteiger partial charge in [0.2, 0.25) is 0 Å². The van der Waals surface area contributed by atoms with Crippen molar-refractivity contribution in [2.45, 2.75) is 13.0 Å². The Morgan fingerprint density at radius 1 is 1.16 bits per heavy atom. The molecule has 0 saturated heterocycles. The van der Waals surface area contributed by atoms with Gasteiger partial charge in [0.25, 0.3) is 0 Å². The van der Waals surface area contributed by atoms with Crippen molar-refractivity contribution < 1.29 is 14.5 Å². The number of amides is 2. The van der Waals surface area contributed by atoms with Gasteiger partial charge in [-0.2, -0.15) is 0 Å². The third-order valence-corrected chi connectivity index (χ3v) is 2.76. The van der Waals surface area contributed by atoms with Crippen LogP contribution in [0.15, 0.2) is 30.3 Å². The zero-order valence-corrected chi connectivity index (χ0v) is 11.7. The first-order valence-electron chi connectivity index (χ1n) is 6.43. The fraction of sp³-hybridized carbons (Fsp3) is 0.429. The monoisotopic (exact) mass is 264 g/mol. The molecule has 0 radical (unpaired) electrons. The summed E-state index contributed by atoms with van der Waals surface area (Å²) in [6.07, 6.45) is 0. The van der Waals surface area contributed by atoms with E-state index in [1.807, 2.05) is 51.4 Å². The Bertz CT molecular complexity index is 418. The van der Waals surface area contributed by atoms with Crippen LogP contribution in [0, 0.1) is 0 Å². The molecule has 0 aliphatic heterocycles. The van der Waals surface area contributed by atoms with Crippen LogP contribution in [-0.4, -0.2) is 39.0 Å². The lowest BCUT2D eigenvalue weighted by atomic mass is 10.1. The van der Waals surface area contributed by atoms with E-state index in [9.17, 15) is 9.59 Å². The molecule has 0 bridgehead atoms. The summed E-state index contributed by atoms with van der Waals surface area (Å²) in [7, 11) is 3.98. The van der Waals surface area contributed by atoms with E-state index < -0.39 is 11.8 Å². The highest BCUT2D eigenvalue weighted by atomic mass is 16.2. The average molecular weight is 264 g/mol. The molecule has 0 unspecified atom stereocenters. The van der Waals surface area contributed by atoms with Crippen molar-refractivity contribution in [3.63, 3.8) is 0 Å². The molecule has 3 N–H and O–H groups in total. The Morgan fingerprint density at radius 2 is 1.79 bits per heavy atom. The second-order valence-corrected chi connectivity index (χ2v) is 4.82. The number of quaternary nitrogens is 1. The van der Waals surface area contributed by atoms with Gasteiger partial charge in [-0.25, -0.2) is 0 Å². The zero-order chi connectivity index (χ0) is 14.3. The standard InChI is InChI=1S/C14H21N3O2/c1-11(12-7-5-4-6-8-12)16-14(19)13(18)15-9-10-17(2)3/h4-8,11H,9-10H2,1-3H3,(H,15,18)(H,16,19)/p+1/t11-/m1/s1. The molecule has 0 heterocycles. The van der Waals surface area contributed by atoms with E-state index in [-0.39, 0.29) is 6.04 Å². The molecule has 5 nitrogen and oxygen atoms in total. The van der Waals surface area contributed by atoms with E-state index in [0.717, 1.165) is 12.1 Å². The Morgan fingerprint density at radius 3 is 2.37 bits per heavy atom. The molecule has 0 aliphatic rings. The van der Waals surface area contributed by atoms with E-state index in [2.05, 4.69) is 10.6 Å². The van der Waals surface area contributed by atoms with Crippen LogP contribution >= 0.6 is 0 Å². The van der Waals surface area contributed by atoms with Crippen molar-refractivity contribution in [3.8, 4) is 0 Å².